The number of rotatable bonds is 0. The van der Waals surface area contributed by atoms with Crippen molar-refractivity contribution < 1.29 is 4.74 Å². The molecule has 0 amide bonds. The van der Waals surface area contributed by atoms with Crippen LogP contribution in [0.3, 0.4) is 0 Å². The number of hydrogen-bond donors (Lipinski definition) is 0. The van der Waals surface area contributed by atoms with Gasteiger partial charge >= 0.3 is 0 Å². The lowest BCUT2D eigenvalue weighted by Gasteiger charge is -2.33. The van der Waals surface area contributed by atoms with Crippen molar-refractivity contribution in [3.63, 3.8) is 0 Å². The van der Waals surface area contributed by atoms with Gasteiger partial charge in [0.15, 0.2) is 0 Å². The number of nitrogens with zero attached hydrogens (tertiary/aromatic N) is 2. The number of fused-ring (bicyclic) bond motifs is 8. The van der Waals surface area contributed by atoms with Gasteiger partial charge in [-0.2, -0.15) is 0 Å². The molecule has 132 valence electrons. The second kappa shape index (κ2) is 5.09. The largest absolute Gasteiger partial charge is 0.469 e. The summed E-state index contributed by atoms with van der Waals surface area (Å²) in [5, 5.41) is 2.49. The molecule has 0 spiro atoms. The highest BCUT2D eigenvalue weighted by Gasteiger charge is 2.40. The van der Waals surface area contributed by atoms with Crippen molar-refractivity contribution in [1.29, 1.82) is 0 Å². The van der Waals surface area contributed by atoms with Gasteiger partial charge in [-0.3, -0.25) is 0 Å². The number of hydrogen-bond acceptors (Lipinski definition) is 1. The van der Waals surface area contributed by atoms with Crippen LogP contribution in [-0.4, -0.2) is 11.3 Å². The highest BCUT2D eigenvalue weighted by molar-refractivity contribution is 6.99. The molecular formula is C25H13BN2O. The van der Waals surface area contributed by atoms with Crippen LogP contribution in [0.5, 0.6) is 11.5 Å². The van der Waals surface area contributed by atoms with Crippen LogP contribution < -0.4 is 21.1 Å². The molecule has 29 heavy (non-hydrogen) atoms. The fraction of sp³-hybridized carbons (Fsp3) is 0. The van der Waals surface area contributed by atoms with E-state index in [2.05, 4.69) is 76.1 Å². The van der Waals surface area contributed by atoms with Crippen molar-refractivity contribution in [2.24, 2.45) is 0 Å². The first kappa shape index (κ1) is 15.0. The van der Waals surface area contributed by atoms with Gasteiger partial charge in [0.05, 0.1) is 17.6 Å². The summed E-state index contributed by atoms with van der Waals surface area (Å²) < 4.78 is 8.73. The van der Waals surface area contributed by atoms with E-state index in [-0.39, 0.29) is 6.71 Å². The third kappa shape index (κ3) is 1.69. The van der Waals surface area contributed by atoms with E-state index in [0.29, 0.717) is 11.4 Å². The lowest BCUT2D eigenvalue weighted by molar-refractivity contribution is 0.491. The SMILES string of the molecule is [C-]#[N+]c1cccc2c1Oc1ccc3c4ccccc4n4c3c1B2c1ccccc1-4. The Morgan fingerprint density at radius 3 is 2.55 bits per heavy atom. The quantitative estimate of drug-likeness (QED) is 0.289. The maximum Gasteiger partial charge on any atom is 0.254 e. The average molecular weight is 368 g/mol. The van der Waals surface area contributed by atoms with E-state index >= 15 is 0 Å². The zero-order valence-corrected chi connectivity index (χ0v) is 15.4. The van der Waals surface area contributed by atoms with E-state index < -0.39 is 0 Å². The molecule has 0 aliphatic carbocycles. The second-order valence-electron chi connectivity index (χ2n) is 7.63. The van der Waals surface area contributed by atoms with Crippen LogP contribution in [-0.2, 0) is 0 Å². The summed E-state index contributed by atoms with van der Waals surface area (Å²) in [6.45, 7) is 7.65. The average Bonchev–Trinajstić information content (AvgIpc) is 3.12. The third-order valence-corrected chi connectivity index (χ3v) is 6.28. The summed E-state index contributed by atoms with van der Waals surface area (Å²) >= 11 is 0. The number of aromatic nitrogens is 1. The van der Waals surface area contributed by atoms with Gasteiger partial charge in [-0.15, -0.1) is 0 Å². The summed E-state index contributed by atoms with van der Waals surface area (Å²) in [7, 11) is 0. The molecule has 7 rings (SSSR count). The maximum atomic E-state index is 7.59. The lowest BCUT2D eigenvalue weighted by atomic mass is 9.34. The minimum Gasteiger partial charge on any atom is -0.469 e. The molecule has 4 heteroatoms. The van der Waals surface area contributed by atoms with Gasteiger partial charge < -0.3 is 9.30 Å². The minimum absolute atomic E-state index is 0.0622. The van der Waals surface area contributed by atoms with Crippen LogP contribution in [0.1, 0.15) is 0 Å². The van der Waals surface area contributed by atoms with E-state index in [9.17, 15) is 0 Å². The van der Waals surface area contributed by atoms with Crippen molar-refractivity contribution in [3.8, 4) is 17.2 Å². The van der Waals surface area contributed by atoms with Crippen molar-refractivity contribution in [2.45, 2.75) is 0 Å². The molecule has 4 aromatic carbocycles. The summed E-state index contributed by atoms with van der Waals surface area (Å²) in [5.41, 5.74) is 7.72. The van der Waals surface area contributed by atoms with Crippen LogP contribution >= 0.6 is 0 Å². The van der Waals surface area contributed by atoms with Crippen LogP contribution in [0, 0.1) is 6.57 Å². The highest BCUT2D eigenvalue weighted by Crippen LogP contribution is 2.40. The molecule has 0 fully saturated rings. The van der Waals surface area contributed by atoms with E-state index in [4.69, 9.17) is 11.3 Å². The molecule has 3 heterocycles. The molecule has 0 bridgehead atoms. The highest BCUT2D eigenvalue weighted by atomic mass is 16.5. The maximum absolute atomic E-state index is 7.59. The first-order valence-corrected chi connectivity index (χ1v) is 9.70. The van der Waals surface area contributed by atoms with Gasteiger partial charge in [-0.05, 0) is 40.7 Å². The van der Waals surface area contributed by atoms with E-state index in [1.807, 2.05) is 12.1 Å². The Morgan fingerprint density at radius 1 is 0.793 bits per heavy atom. The van der Waals surface area contributed by atoms with Crippen LogP contribution in [0.25, 0.3) is 32.3 Å². The van der Waals surface area contributed by atoms with Gasteiger partial charge in [0, 0.05) is 16.5 Å². The number of ether oxygens (including phenoxy) is 1. The third-order valence-electron chi connectivity index (χ3n) is 6.28. The van der Waals surface area contributed by atoms with E-state index in [0.717, 1.165) is 11.2 Å². The van der Waals surface area contributed by atoms with Gasteiger partial charge in [-0.1, -0.05) is 54.6 Å². The summed E-state index contributed by atoms with van der Waals surface area (Å²) in [6.07, 6.45) is 0. The van der Waals surface area contributed by atoms with Crippen LogP contribution in [0.2, 0.25) is 0 Å². The first-order valence-electron chi connectivity index (χ1n) is 9.70. The predicted octanol–water partition coefficient (Wildman–Crippen LogP) is 4.27. The summed E-state index contributed by atoms with van der Waals surface area (Å²) in [4.78, 5) is 3.71. The molecule has 0 saturated carbocycles. The molecule has 5 aromatic rings. The molecule has 0 N–H and O–H groups in total. The van der Waals surface area contributed by atoms with E-state index in [1.165, 1.54) is 38.4 Å². The Morgan fingerprint density at radius 2 is 1.62 bits per heavy atom. The molecule has 0 radical (unpaired) electrons. The van der Waals surface area contributed by atoms with Gasteiger partial charge in [0.2, 0.25) is 5.69 Å². The number of para-hydroxylation sites is 3. The molecule has 0 atom stereocenters. The Balaban J connectivity index is 1.74. The fourth-order valence-corrected chi connectivity index (χ4v) is 5.18. The van der Waals surface area contributed by atoms with Crippen molar-refractivity contribution in [1.82, 2.24) is 4.57 Å². The summed E-state index contributed by atoms with van der Waals surface area (Å²) in [5.74, 6) is 1.54. The molecule has 2 aliphatic rings. The Kier molecular flexibility index (Phi) is 2.64. The molecule has 3 nitrogen and oxygen atoms in total. The molecular weight excluding hydrogens is 355 g/mol. The van der Waals surface area contributed by atoms with Gasteiger partial charge in [0.1, 0.15) is 11.5 Å². The summed E-state index contributed by atoms with van der Waals surface area (Å²) in [6, 6.07) is 27.3. The smallest absolute Gasteiger partial charge is 0.254 e. The van der Waals surface area contributed by atoms with Crippen molar-refractivity contribution in [3.05, 3.63) is 90.3 Å². The van der Waals surface area contributed by atoms with Crippen LogP contribution in [0.4, 0.5) is 5.69 Å². The first-order chi connectivity index (χ1) is 14.4. The number of benzene rings is 4. The minimum atomic E-state index is 0.0622. The van der Waals surface area contributed by atoms with Crippen molar-refractivity contribution >= 4 is 50.6 Å². The molecule has 1 aromatic heterocycles. The Hall–Kier alpha value is -3.97. The molecule has 2 aliphatic heterocycles. The molecule has 0 unspecified atom stereocenters. The Bertz CT molecular complexity index is 1560. The van der Waals surface area contributed by atoms with E-state index in [1.54, 1.807) is 0 Å². The fourth-order valence-electron chi connectivity index (χ4n) is 5.18. The topological polar surface area (TPSA) is 18.5 Å². The molecule has 0 saturated heterocycles. The lowest BCUT2D eigenvalue weighted by Crippen LogP contribution is -2.58. The van der Waals surface area contributed by atoms with Gasteiger partial charge in [-0.25, -0.2) is 4.85 Å². The zero-order chi connectivity index (χ0) is 19.1. The Labute approximate surface area is 167 Å². The van der Waals surface area contributed by atoms with Crippen molar-refractivity contribution in [2.75, 3.05) is 0 Å². The second-order valence-corrected chi connectivity index (χ2v) is 7.63. The normalized spacial score (nSPS) is 13.0. The zero-order valence-electron chi connectivity index (χ0n) is 15.4. The van der Waals surface area contributed by atoms with Gasteiger partial charge in [0.25, 0.3) is 6.71 Å². The predicted molar refractivity (Wildman–Crippen MR) is 118 cm³/mol. The monoisotopic (exact) mass is 368 g/mol. The standard InChI is InChI=1S/C25H13BN2O/c1-27-19-10-6-9-18-25(19)29-22-14-13-16-15-7-2-4-11-20(15)28-21-12-5-3-8-17(21)26(18)23(22)24(16)28/h2-14H. The van der Waals surface area contributed by atoms with Crippen LogP contribution in [0.15, 0.2) is 78.9 Å².